The van der Waals surface area contributed by atoms with Crippen LogP contribution in [-0.4, -0.2) is 18.2 Å². The molecule has 3 nitrogen and oxygen atoms in total. The summed E-state index contributed by atoms with van der Waals surface area (Å²) in [5.41, 5.74) is 0.687. The van der Waals surface area contributed by atoms with Crippen LogP contribution in [0, 0.1) is 0 Å². The number of hydrogen-bond donors (Lipinski definition) is 1. The Kier molecular flexibility index (Phi) is 9.51. The number of hydrogen-bond acceptors (Lipinski definition) is 2. The van der Waals surface area contributed by atoms with Crippen LogP contribution in [0.2, 0.25) is 0 Å². The molecule has 1 aliphatic carbocycles. The van der Waals surface area contributed by atoms with Crippen LogP contribution in [0.1, 0.15) is 71.1 Å². The van der Waals surface area contributed by atoms with Gasteiger partial charge in [-0.05, 0) is 19.3 Å². The Bertz CT molecular complexity index is 383. The summed E-state index contributed by atoms with van der Waals surface area (Å²) in [6.07, 6.45) is 16.2. The van der Waals surface area contributed by atoms with E-state index in [-0.39, 0.29) is 18.1 Å². The summed E-state index contributed by atoms with van der Waals surface area (Å²) < 4.78 is 0. The molecule has 1 rings (SSSR count). The Balaban J connectivity index is 2.02. The van der Waals surface area contributed by atoms with Gasteiger partial charge in [0.25, 0.3) is 0 Å². The zero-order valence-corrected chi connectivity index (χ0v) is 13.3. The maximum absolute atomic E-state index is 11.9. The van der Waals surface area contributed by atoms with E-state index < -0.39 is 0 Å². The fraction of sp³-hybridized carbons (Fsp3) is 0.667. The molecule has 0 heterocycles. The zero-order valence-electron chi connectivity index (χ0n) is 13.3. The first-order chi connectivity index (χ1) is 10.2. The van der Waals surface area contributed by atoms with Crippen molar-refractivity contribution in [1.29, 1.82) is 0 Å². The molecular weight excluding hydrogens is 262 g/mol. The van der Waals surface area contributed by atoms with Crippen molar-refractivity contribution < 1.29 is 9.59 Å². The second-order valence-electron chi connectivity index (χ2n) is 5.71. The number of nitrogens with one attached hydrogen (secondary N) is 1. The number of unbranched alkanes of at least 4 members (excludes halogenated alkanes) is 6. The van der Waals surface area contributed by atoms with Gasteiger partial charge in [0.15, 0.2) is 5.78 Å². The number of amides is 1. The molecule has 0 aromatic rings. The molecule has 0 spiro atoms. The number of carbonyl (C=O) groups excluding carboxylic acids is 2. The van der Waals surface area contributed by atoms with Gasteiger partial charge in [0, 0.05) is 12.1 Å². The third-order valence-electron chi connectivity index (χ3n) is 3.74. The lowest BCUT2D eigenvalue weighted by atomic mass is 10.0. The Labute approximate surface area is 128 Å². The average molecular weight is 291 g/mol. The molecule has 1 aliphatic rings. The standard InChI is InChI=1S/C18H29NO2/c1-2-3-4-5-6-7-11-14-19-18(21)15-17(20)16-12-9-8-10-13-16/h9,12-13H,2-8,10-11,14-15H2,1H3,(H,19,21). The predicted octanol–water partition coefficient (Wildman–Crippen LogP) is 4.09. The van der Waals surface area contributed by atoms with Crippen LogP contribution < -0.4 is 5.32 Å². The highest BCUT2D eigenvalue weighted by Crippen LogP contribution is 2.12. The Morgan fingerprint density at radius 1 is 1.05 bits per heavy atom. The summed E-state index contributed by atoms with van der Waals surface area (Å²) in [7, 11) is 0. The topological polar surface area (TPSA) is 46.2 Å². The SMILES string of the molecule is CCCCCCCCCNC(=O)CC(=O)C1=CCCC=C1. The monoisotopic (exact) mass is 291 g/mol. The maximum atomic E-state index is 11.9. The van der Waals surface area contributed by atoms with Crippen LogP contribution in [-0.2, 0) is 9.59 Å². The van der Waals surface area contributed by atoms with Gasteiger partial charge >= 0.3 is 0 Å². The number of rotatable bonds is 11. The lowest BCUT2D eigenvalue weighted by Crippen LogP contribution is -2.27. The van der Waals surface area contributed by atoms with Crippen LogP contribution in [0.4, 0.5) is 0 Å². The summed E-state index contributed by atoms with van der Waals surface area (Å²) in [4.78, 5) is 23.6. The van der Waals surface area contributed by atoms with Crippen molar-refractivity contribution in [3.05, 3.63) is 23.8 Å². The van der Waals surface area contributed by atoms with Crippen molar-refractivity contribution >= 4 is 11.7 Å². The molecule has 0 aromatic carbocycles. The fourth-order valence-corrected chi connectivity index (χ4v) is 2.44. The summed E-state index contributed by atoms with van der Waals surface area (Å²) in [5, 5.41) is 2.84. The van der Waals surface area contributed by atoms with Gasteiger partial charge in [-0.2, -0.15) is 0 Å². The van der Waals surface area contributed by atoms with Gasteiger partial charge in [0.05, 0.1) is 6.42 Å². The first-order valence-electron chi connectivity index (χ1n) is 8.40. The van der Waals surface area contributed by atoms with Gasteiger partial charge in [-0.15, -0.1) is 0 Å². The quantitative estimate of drug-likeness (QED) is 0.460. The first kappa shape index (κ1) is 17.7. The van der Waals surface area contributed by atoms with Gasteiger partial charge in [0.1, 0.15) is 0 Å². The van der Waals surface area contributed by atoms with E-state index >= 15 is 0 Å². The molecule has 1 amide bonds. The number of allylic oxidation sites excluding steroid dienone is 4. The van der Waals surface area contributed by atoms with E-state index in [0.29, 0.717) is 12.1 Å². The lowest BCUT2D eigenvalue weighted by Gasteiger charge is -2.07. The van der Waals surface area contributed by atoms with E-state index in [2.05, 4.69) is 12.2 Å². The minimum atomic E-state index is -0.147. The molecule has 1 N–H and O–H groups in total. The van der Waals surface area contributed by atoms with E-state index in [1.165, 1.54) is 32.1 Å². The normalized spacial score (nSPS) is 13.9. The van der Waals surface area contributed by atoms with Crippen molar-refractivity contribution in [3.63, 3.8) is 0 Å². The van der Waals surface area contributed by atoms with Crippen LogP contribution in [0.25, 0.3) is 0 Å². The third-order valence-corrected chi connectivity index (χ3v) is 3.74. The highest BCUT2D eigenvalue weighted by molar-refractivity contribution is 6.08. The summed E-state index contributed by atoms with van der Waals surface area (Å²) in [6, 6.07) is 0. The van der Waals surface area contributed by atoms with Crippen molar-refractivity contribution in [2.24, 2.45) is 0 Å². The molecule has 0 aliphatic heterocycles. The summed E-state index contributed by atoms with van der Waals surface area (Å²) in [6.45, 7) is 2.91. The smallest absolute Gasteiger partial charge is 0.227 e. The molecule has 0 saturated heterocycles. The van der Waals surface area contributed by atoms with Gasteiger partial charge in [0.2, 0.25) is 5.91 Å². The largest absolute Gasteiger partial charge is 0.356 e. The van der Waals surface area contributed by atoms with Crippen molar-refractivity contribution in [2.75, 3.05) is 6.54 Å². The fourth-order valence-electron chi connectivity index (χ4n) is 2.44. The van der Waals surface area contributed by atoms with Gasteiger partial charge in [-0.3, -0.25) is 9.59 Å². The van der Waals surface area contributed by atoms with Gasteiger partial charge < -0.3 is 5.32 Å². The average Bonchev–Trinajstić information content (AvgIpc) is 2.50. The Hall–Kier alpha value is -1.38. The second-order valence-corrected chi connectivity index (χ2v) is 5.71. The van der Waals surface area contributed by atoms with Gasteiger partial charge in [-0.25, -0.2) is 0 Å². The molecule has 3 heteroatoms. The highest BCUT2D eigenvalue weighted by atomic mass is 16.2. The van der Waals surface area contributed by atoms with Crippen LogP contribution in [0.5, 0.6) is 0 Å². The molecule has 21 heavy (non-hydrogen) atoms. The second kappa shape index (κ2) is 11.3. The highest BCUT2D eigenvalue weighted by Gasteiger charge is 2.12. The molecule has 0 radical (unpaired) electrons. The molecule has 0 saturated carbocycles. The molecule has 0 aromatic heterocycles. The Morgan fingerprint density at radius 3 is 2.43 bits per heavy atom. The third kappa shape index (κ3) is 8.49. The predicted molar refractivity (Wildman–Crippen MR) is 87.1 cm³/mol. The van der Waals surface area contributed by atoms with E-state index in [1.807, 2.05) is 18.2 Å². The number of ketones is 1. The summed E-state index contributed by atoms with van der Waals surface area (Å²) in [5.74, 6) is -0.214. The Morgan fingerprint density at radius 2 is 1.76 bits per heavy atom. The van der Waals surface area contributed by atoms with E-state index in [9.17, 15) is 9.59 Å². The van der Waals surface area contributed by atoms with Crippen LogP contribution in [0.15, 0.2) is 23.8 Å². The molecule has 118 valence electrons. The first-order valence-corrected chi connectivity index (χ1v) is 8.40. The summed E-state index contributed by atoms with van der Waals surface area (Å²) >= 11 is 0. The molecule has 0 unspecified atom stereocenters. The zero-order chi connectivity index (χ0) is 15.3. The van der Waals surface area contributed by atoms with Crippen LogP contribution >= 0.6 is 0 Å². The minimum Gasteiger partial charge on any atom is -0.356 e. The molecule has 0 atom stereocenters. The molecular formula is C18H29NO2. The molecule has 0 bridgehead atoms. The van der Waals surface area contributed by atoms with Crippen molar-refractivity contribution in [2.45, 2.75) is 71.1 Å². The van der Waals surface area contributed by atoms with E-state index in [0.717, 1.165) is 25.7 Å². The van der Waals surface area contributed by atoms with Gasteiger partial charge in [-0.1, -0.05) is 63.7 Å². The van der Waals surface area contributed by atoms with Crippen molar-refractivity contribution in [1.82, 2.24) is 5.32 Å². The minimum absolute atomic E-state index is 0.0212. The molecule has 0 fully saturated rings. The lowest BCUT2D eigenvalue weighted by molar-refractivity contribution is -0.126. The van der Waals surface area contributed by atoms with E-state index in [4.69, 9.17) is 0 Å². The van der Waals surface area contributed by atoms with Crippen LogP contribution in [0.3, 0.4) is 0 Å². The number of Topliss-reactive ketones (excluding diaryl/α,β-unsaturated/α-hetero) is 1. The maximum Gasteiger partial charge on any atom is 0.227 e. The van der Waals surface area contributed by atoms with Crippen molar-refractivity contribution in [3.8, 4) is 0 Å². The number of carbonyl (C=O) groups is 2. The van der Waals surface area contributed by atoms with E-state index in [1.54, 1.807) is 0 Å².